The molecule has 0 saturated heterocycles. The maximum Gasteiger partial charge on any atom is 0.323 e. The van der Waals surface area contributed by atoms with Gasteiger partial charge in [-0.3, -0.25) is 19.2 Å². The van der Waals surface area contributed by atoms with Gasteiger partial charge in [0.05, 0.1) is 13.0 Å². The normalized spacial score (nSPS) is 13.3. The number of rotatable bonds is 16. The summed E-state index contributed by atoms with van der Waals surface area (Å²) in [5, 5.41) is 3.09. The molecule has 0 aliphatic carbocycles. The first-order valence-corrected chi connectivity index (χ1v) is 12.7. The molecular weight excluding hydrogens is 466 g/mol. The molecule has 0 radical (unpaired) electrons. The van der Waals surface area contributed by atoms with Crippen LogP contribution in [0.5, 0.6) is 11.5 Å². The van der Waals surface area contributed by atoms with E-state index in [-0.39, 0.29) is 49.2 Å². The van der Waals surface area contributed by atoms with Gasteiger partial charge < -0.3 is 24.3 Å². The fourth-order valence-corrected chi connectivity index (χ4v) is 3.43. The van der Waals surface area contributed by atoms with Crippen molar-refractivity contribution in [3.8, 4) is 11.5 Å². The lowest BCUT2D eigenvalue weighted by Crippen LogP contribution is -2.43. The topological polar surface area (TPSA) is 117 Å². The Balaban J connectivity index is 2.98. The van der Waals surface area contributed by atoms with Crippen LogP contribution in [0.25, 0.3) is 0 Å². The van der Waals surface area contributed by atoms with Crippen LogP contribution < -0.4 is 14.8 Å². The monoisotopic (exact) mass is 507 g/mol. The minimum Gasteiger partial charge on any atom is -0.468 e. The van der Waals surface area contributed by atoms with Crippen molar-refractivity contribution in [1.29, 1.82) is 0 Å². The molecule has 0 bridgehead atoms. The van der Waals surface area contributed by atoms with Crippen molar-refractivity contribution in [2.45, 2.75) is 91.7 Å². The standard InChI is InChI=1S/C27H41NO8/c1-7-10-18(4)26(31)34-19(5)17-28-21(27(32)33-6)15-20-13-14-22(35-24(29)11-8-2)23(16-20)36-25(30)12-9-3/h13-14,16,18-19,21,28H,7-12,15,17H2,1-6H3/t18?,19?,21-/m0/s1. The summed E-state index contributed by atoms with van der Waals surface area (Å²) >= 11 is 0. The van der Waals surface area contributed by atoms with Crippen molar-refractivity contribution in [2.75, 3.05) is 13.7 Å². The van der Waals surface area contributed by atoms with Crippen LogP contribution >= 0.6 is 0 Å². The van der Waals surface area contributed by atoms with Gasteiger partial charge in [0.25, 0.3) is 0 Å². The quantitative estimate of drug-likeness (QED) is 0.260. The Morgan fingerprint density at radius 1 is 0.861 bits per heavy atom. The van der Waals surface area contributed by atoms with Crippen LogP contribution in [0.2, 0.25) is 0 Å². The third kappa shape index (κ3) is 11.2. The lowest BCUT2D eigenvalue weighted by molar-refractivity contribution is -0.152. The van der Waals surface area contributed by atoms with Crippen molar-refractivity contribution in [3.63, 3.8) is 0 Å². The van der Waals surface area contributed by atoms with E-state index in [9.17, 15) is 19.2 Å². The second kappa shape index (κ2) is 16.7. The lowest BCUT2D eigenvalue weighted by atomic mass is 10.0. The number of ether oxygens (including phenoxy) is 4. The number of hydrogen-bond acceptors (Lipinski definition) is 9. The minimum absolute atomic E-state index is 0.117. The van der Waals surface area contributed by atoms with Crippen molar-refractivity contribution in [3.05, 3.63) is 23.8 Å². The summed E-state index contributed by atoms with van der Waals surface area (Å²) in [6.45, 7) is 9.55. The van der Waals surface area contributed by atoms with Crippen LogP contribution in [0.3, 0.4) is 0 Å². The highest BCUT2D eigenvalue weighted by atomic mass is 16.6. The third-order valence-electron chi connectivity index (χ3n) is 5.38. The van der Waals surface area contributed by atoms with E-state index in [1.54, 1.807) is 25.1 Å². The van der Waals surface area contributed by atoms with Gasteiger partial charge in [0.1, 0.15) is 12.1 Å². The Morgan fingerprint density at radius 2 is 1.47 bits per heavy atom. The number of nitrogens with one attached hydrogen (secondary N) is 1. The molecule has 3 atom stereocenters. The molecule has 0 aromatic heterocycles. The van der Waals surface area contributed by atoms with E-state index in [4.69, 9.17) is 18.9 Å². The Bertz CT molecular complexity index is 869. The van der Waals surface area contributed by atoms with Gasteiger partial charge in [-0.15, -0.1) is 0 Å². The predicted molar refractivity (Wildman–Crippen MR) is 135 cm³/mol. The summed E-state index contributed by atoms with van der Waals surface area (Å²) in [6.07, 6.45) is 3.08. The van der Waals surface area contributed by atoms with E-state index in [2.05, 4.69) is 5.32 Å². The number of benzene rings is 1. The zero-order valence-corrected chi connectivity index (χ0v) is 22.4. The molecule has 0 fully saturated rings. The molecule has 0 spiro atoms. The van der Waals surface area contributed by atoms with Gasteiger partial charge in [-0.05, 0) is 50.3 Å². The summed E-state index contributed by atoms with van der Waals surface area (Å²) in [5.74, 6) is -1.56. The predicted octanol–water partition coefficient (Wildman–Crippen LogP) is 4.14. The van der Waals surface area contributed by atoms with E-state index in [0.717, 1.165) is 12.8 Å². The zero-order chi connectivity index (χ0) is 27.1. The van der Waals surface area contributed by atoms with Crippen molar-refractivity contribution in [2.24, 2.45) is 5.92 Å². The second-order valence-corrected chi connectivity index (χ2v) is 8.85. The smallest absolute Gasteiger partial charge is 0.323 e. The summed E-state index contributed by atoms with van der Waals surface area (Å²) in [5.41, 5.74) is 0.661. The average Bonchev–Trinajstić information content (AvgIpc) is 2.83. The highest BCUT2D eigenvalue weighted by Crippen LogP contribution is 2.30. The molecule has 9 nitrogen and oxygen atoms in total. The highest BCUT2D eigenvalue weighted by molar-refractivity contribution is 5.77. The Hall–Kier alpha value is -2.94. The molecule has 1 aromatic carbocycles. The number of esters is 4. The average molecular weight is 508 g/mol. The van der Waals surface area contributed by atoms with Gasteiger partial charge >= 0.3 is 23.9 Å². The maximum absolute atomic E-state index is 12.4. The van der Waals surface area contributed by atoms with Crippen LogP contribution in [-0.4, -0.2) is 49.7 Å². The summed E-state index contributed by atoms with van der Waals surface area (Å²) < 4.78 is 21.2. The molecule has 2 unspecified atom stereocenters. The molecule has 0 amide bonds. The molecule has 1 aromatic rings. The molecule has 9 heteroatoms. The van der Waals surface area contributed by atoms with Crippen molar-refractivity contribution in [1.82, 2.24) is 5.32 Å². The van der Waals surface area contributed by atoms with Crippen LogP contribution in [0.4, 0.5) is 0 Å². The fraction of sp³-hybridized carbons (Fsp3) is 0.630. The minimum atomic E-state index is -0.739. The highest BCUT2D eigenvalue weighted by Gasteiger charge is 2.23. The number of carbonyl (C=O) groups excluding carboxylic acids is 4. The Kier molecular flexibility index (Phi) is 14.4. The van der Waals surface area contributed by atoms with E-state index >= 15 is 0 Å². The Morgan fingerprint density at radius 3 is 2.03 bits per heavy atom. The molecule has 0 aliphatic heterocycles. The van der Waals surface area contributed by atoms with E-state index in [0.29, 0.717) is 18.4 Å². The SMILES string of the molecule is CCCC(=O)Oc1ccc(C[C@H](NCC(C)OC(=O)C(C)CCC)C(=O)OC)cc1OC(=O)CCC. The molecule has 0 saturated carbocycles. The second-order valence-electron chi connectivity index (χ2n) is 8.85. The van der Waals surface area contributed by atoms with Gasteiger partial charge in [-0.1, -0.05) is 40.2 Å². The fourth-order valence-electron chi connectivity index (χ4n) is 3.43. The van der Waals surface area contributed by atoms with Gasteiger partial charge in [-0.25, -0.2) is 0 Å². The zero-order valence-electron chi connectivity index (χ0n) is 22.4. The van der Waals surface area contributed by atoms with Crippen LogP contribution in [0, 0.1) is 5.92 Å². The van der Waals surface area contributed by atoms with Crippen LogP contribution in [-0.2, 0) is 35.1 Å². The van der Waals surface area contributed by atoms with Crippen LogP contribution in [0.15, 0.2) is 18.2 Å². The maximum atomic E-state index is 12.4. The van der Waals surface area contributed by atoms with Gasteiger partial charge in [0, 0.05) is 19.4 Å². The van der Waals surface area contributed by atoms with E-state index in [1.165, 1.54) is 7.11 Å². The number of methoxy groups -OCH3 is 1. The molecule has 36 heavy (non-hydrogen) atoms. The van der Waals surface area contributed by atoms with Crippen LogP contribution in [0.1, 0.15) is 78.7 Å². The third-order valence-corrected chi connectivity index (χ3v) is 5.38. The summed E-state index contributed by atoms with van der Waals surface area (Å²) in [4.78, 5) is 48.7. The molecule has 0 heterocycles. The number of hydrogen-bond donors (Lipinski definition) is 1. The first kappa shape index (κ1) is 31.1. The summed E-state index contributed by atoms with van der Waals surface area (Å²) in [7, 11) is 1.29. The van der Waals surface area contributed by atoms with Gasteiger partial charge in [0.15, 0.2) is 11.5 Å². The van der Waals surface area contributed by atoms with E-state index in [1.807, 2.05) is 27.7 Å². The number of carbonyl (C=O) groups is 4. The van der Waals surface area contributed by atoms with E-state index < -0.39 is 30.1 Å². The molecule has 1 rings (SSSR count). The molecule has 202 valence electrons. The largest absolute Gasteiger partial charge is 0.468 e. The molecule has 1 N–H and O–H groups in total. The first-order valence-electron chi connectivity index (χ1n) is 12.7. The van der Waals surface area contributed by atoms with Gasteiger partial charge in [0.2, 0.25) is 0 Å². The molecule has 0 aliphatic rings. The lowest BCUT2D eigenvalue weighted by Gasteiger charge is -2.21. The van der Waals surface area contributed by atoms with Gasteiger partial charge in [-0.2, -0.15) is 0 Å². The van der Waals surface area contributed by atoms with Crippen molar-refractivity contribution >= 4 is 23.9 Å². The molecular formula is C27H41NO8. The Labute approximate surface area is 214 Å². The van der Waals surface area contributed by atoms with Crippen molar-refractivity contribution < 1.29 is 38.1 Å². The summed E-state index contributed by atoms with van der Waals surface area (Å²) in [6, 6.07) is 4.08. The first-order chi connectivity index (χ1) is 17.1.